The molecule has 0 unspecified atom stereocenters. The van der Waals surface area contributed by atoms with E-state index in [1.165, 1.54) is 18.2 Å². The molecule has 8 heteroatoms. The summed E-state index contributed by atoms with van der Waals surface area (Å²) < 4.78 is 106. The number of aromatic nitrogens is 3. The van der Waals surface area contributed by atoms with Crippen LogP contribution in [0.15, 0.2) is 144 Å². The zero-order valence-corrected chi connectivity index (χ0v) is 37.4. The molecule has 0 aliphatic carbocycles. The van der Waals surface area contributed by atoms with Crippen molar-refractivity contribution >= 4 is 33.0 Å². The predicted molar refractivity (Wildman–Crippen MR) is 243 cm³/mol. The fourth-order valence-electron chi connectivity index (χ4n) is 7.39. The fraction of sp³-hybridized carbons (Fsp3) is 0.222. The summed E-state index contributed by atoms with van der Waals surface area (Å²) in [6.45, 7) is 6.90. The number of hydrogen-bond acceptors (Lipinski definition) is 3. The third-order valence-corrected chi connectivity index (χ3v) is 10.7. The summed E-state index contributed by atoms with van der Waals surface area (Å²) in [5.74, 6) is -1.25. The third-order valence-electron chi connectivity index (χ3n) is 10.7. The molecule has 6 aromatic carbocycles. The standard InChI is InChI=1S/C28H21F3NO.C26H27N2.Ir/c1-27(2,28(29,30)31)17-18-10-12-19(13-11-18)20-14-15-32-24(16-20)23-8-5-7-22-21-6-3-4-9-25(21)33-26(22)23;1-17(2)21-9-8-10-22(18(3)4)25(21)28-24-12-7-6-11-23(24)27-26(28)20-15-13-19(5)14-16-20;/h3-7,9-16H,17H2,1-2H3;6-15,17-18H,1-5H3;/q2*-1;/i17D2;5D3,17D,18D;. The predicted octanol–water partition coefficient (Wildman–Crippen LogP) is 15.3. The number of imidazole rings is 1. The number of furan rings is 1. The number of pyridine rings is 1. The van der Waals surface area contributed by atoms with Crippen molar-refractivity contribution in [3.63, 3.8) is 0 Å². The number of hydrogen-bond donors (Lipinski definition) is 0. The molecule has 0 N–H and O–H groups in total. The Morgan fingerprint density at radius 1 is 0.790 bits per heavy atom. The summed E-state index contributed by atoms with van der Waals surface area (Å²) in [5, 5.41) is 1.96. The van der Waals surface area contributed by atoms with Crippen molar-refractivity contribution in [2.24, 2.45) is 5.41 Å². The molecule has 0 bridgehead atoms. The van der Waals surface area contributed by atoms with Gasteiger partial charge in [0.2, 0.25) is 0 Å². The Morgan fingerprint density at radius 3 is 2.18 bits per heavy atom. The topological polar surface area (TPSA) is 43.9 Å². The van der Waals surface area contributed by atoms with E-state index in [-0.39, 0.29) is 31.2 Å². The molecule has 3 aromatic heterocycles. The van der Waals surface area contributed by atoms with Crippen molar-refractivity contribution < 1.29 is 47.3 Å². The first kappa shape index (κ1) is 35.7. The van der Waals surface area contributed by atoms with Gasteiger partial charge >= 0.3 is 6.18 Å². The Labute approximate surface area is 385 Å². The van der Waals surface area contributed by atoms with Crippen molar-refractivity contribution in [3.8, 4) is 39.5 Å². The van der Waals surface area contributed by atoms with Gasteiger partial charge in [0.25, 0.3) is 0 Å². The van der Waals surface area contributed by atoms with Gasteiger partial charge in [0, 0.05) is 47.0 Å². The van der Waals surface area contributed by atoms with Crippen LogP contribution in [0.5, 0.6) is 0 Å². The number of alkyl halides is 3. The maximum atomic E-state index is 13.5. The van der Waals surface area contributed by atoms with E-state index in [0.717, 1.165) is 69.2 Å². The largest absolute Gasteiger partial charge is 0.501 e. The molecule has 9 rings (SSSR count). The summed E-state index contributed by atoms with van der Waals surface area (Å²) in [4.78, 5) is 9.36. The smallest absolute Gasteiger partial charge is 0.394 e. The van der Waals surface area contributed by atoms with Crippen molar-refractivity contribution in [1.29, 1.82) is 0 Å². The Bertz CT molecular complexity index is 3260. The SMILES string of the molecule is [2H]C([2H])([2H])c1c[c-]c(-c2nc3ccccc3n2-c2c(C([2H])(C)C)cccc2C([2H])(C)C)cc1.[2H]C([2H])(c1ccc(-c2ccnc(-c3[c-]ccc4c3oc3ccccc34)c2)cc1)C(C)(C)C(F)(F)F.[Ir]. The molecular weight excluding hydrogens is 956 g/mol. The van der Waals surface area contributed by atoms with Gasteiger partial charge in [-0.25, -0.2) is 0 Å². The van der Waals surface area contributed by atoms with Gasteiger partial charge in [0.1, 0.15) is 5.58 Å². The van der Waals surface area contributed by atoms with E-state index in [0.29, 0.717) is 28.2 Å². The maximum Gasteiger partial charge on any atom is 0.394 e. The Kier molecular flexibility index (Phi) is 10.3. The Morgan fingerprint density at radius 2 is 1.50 bits per heavy atom. The fourth-order valence-corrected chi connectivity index (χ4v) is 7.39. The van der Waals surface area contributed by atoms with Crippen LogP contribution in [0.1, 0.15) is 85.2 Å². The average Bonchev–Trinajstić information content (AvgIpc) is 3.87. The molecule has 0 saturated heterocycles. The van der Waals surface area contributed by atoms with Gasteiger partial charge in [-0.1, -0.05) is 138 Å². The second-order valence-corrected chi connectivity index (χ2v) is 15.9. The van der Waals surface area contributed by atoms with E-state index < -0.39 is 36.6 Å². The van der Waals surface area contributed by atoms with Crippen LogP contribution >= 0.6 is 0 Å². The van der Waals surface area contributed by atoms with E-state index in [1.54, 1.807) is 36.5 Å². The summed E-state index contributed by atoms with van der Waals surface area (Å²) in [7, 11) is 0. The molecule has 0 aliphatic heterocycles. The number of rotatable bonds is 8. The van der Waals surface area contributed by atoms with Crippen LogP contribution in [0.25, 0.3) is 72.4 Å². The second kappa shape index (κ2) is 17.9. The molecule has 4 nitrogen and oxygen atoms in total. The van der Waals surface area contributed by atoms with Gasteiger partial charge in [0.15, 0.2) is 0 Å². The first-order chi connectivity index (χ1) is 31.8. The van der Waals surface area contributed by atoms with Gasteiger partial charge in [-0.2, -0.15) is 13.2 Å². The monoisotopic (exact) mass is 1010 g/mol. The van der Waals surface area contributed by atoms with Crippen LogP contribution in [0, 0.1) is 24.4 Å². The molecule has 0 atom stereocenters. The van der Waals surface area contributed by atoms with Gasteiger partial charge < -0.3 is 14.0 Å². The number of para-hydroxylation sites is 4. The minimum absolute atomic E-state index is 0. The van der Waals surface area contributed by atoms with E-state index >= 15 is 0 Å². The summed E-state index contributed by atoms with van der Waals surface area (Å²) in [6.07, 6.45) is -5.64. The summed E-state index contributed by atoms with van der Waals surface area (Å²) in [6, 6.07) is 45.9. The molecule has 0 saturated carbocycles. The number of fused-ring (bicyclic) bond motifs is 4. The molecule has 0 aliphatic rings. The minimum atomic E-state index is -4.69. The van der Waals surface area contributed by atoms with Crippen LogP contribution in [0.3, 0.4) is 0 Å². The first-order valence-electron chi connectivity index (χ1n) is 23.4. The third kappa shape index (κ3) is 8.77. The van der Waals surface area contributed by atoms with Crippen LogP contribution in [0.2, 0.25) is 0 Å². The maximum absolute atomic E-state index is 13.5. The van der Waals surface area contributed by atoms with Crippen molar-refractivity contribution in [2.75, 3.05) is 0 Å². The van der Waals surface area contributed by atoms with E-state index in [4.69, 9.17) is 19.0 Å². The summed E-state index contributed by atoms with van der Waals surface area (Å²) in [5.41, 5.74) is 6.55. The average molecular weight is 1010 g/mol. The van der Waals surface area contributed by atoms with E-state index in [2.05, 4.69) is 17.1 Å². The molecule has 9 aromatic rings. The van der Waals surface area contributed by atoms with E-state index in [9.17, 15) is 13.2 Å². The molecular formula is C54H48F3IrN3O-2. The molecule has 0 fully saturated rings. The molecule has 0 spiro atoms. The van der Waals surface area contributed by atoms with Gasteiger partial charge in [-0.05, 0) is 75.9 Å². The van der Waals surface area contributed by atoms with Crippen molar-refractivity contribution in [1.82, 2.24) is 14.5 Å². The van der Waals surface area contributed by atoms with E-state index in [1.807, 2.05) is 117 Å². The zero-order valence-electron chi connectivity index (χ0n) is 42.0. The van der Waals surface area contributed by atoms with Gasteiger partial charge in [-0.15, -0.1) is 53.6 Å². The normalized spacial score (nSPS) is 14.4. The van der Waals surface area contributed by atoms with Crippen LogP contribution in [0.4, 0.5) is 13.2 Å². The zero-order chi connectivity index (χ0) is 49.2. The van der Waals surface area contributed by atoms with Crippen LogP contribution < -0.4 is 0 Å². The Balaban J connectivity index is 0.000000201. The number of aryl methyl sites for hydroxylation is 1. The molecule has 317 valence electrons. The molecule has 1 radical (unpaired) electrons. The molecule has 0 amide bonds. The van der Waals surface area contributed by atoms with Gasteiger partial charge in [-0.3, -0.25) is 4.98 Å². The molecule has 62 heavy (non-hydrogen) atoms. The quantitative estimate of drug-likeness (QED) is 0.143. The first-order valence-corrected chi connectivity index (χ1v) is 19.9. The summed E-state index contributed by atoms with van der Waals surface area (Å²) >= 11 is 0. The van der Waals surface area contributed by atoms with Gasteiger partial charge in [0.05, 0.1) is 27.9 Å². The molecule has 3 heterocycles. The van der Waals surface area contributed by atoms with Crippen LogP contribution in [-0.2, 0) is 26.5 Å². The second-order valence-electron chi connectivity index (χ2n) is 15.9. The number of nitrogens with zero attached hydrogens (tertiary/aromatic N) is 3. The van der Waals surface area contributed by atoms with Crippen molar-refractivity contribution in [2.45, 2.75) is 72.7 Å². The minimum Gasteiger partial charge on any atom is -0.501 e. The Hall–Kier alpha value is -5.82. The van der Waals surface area contributed by atoms with Crippen LogP contribution in [-0.4, -0.2) is 20.7 Å². The van der Waals surface area contributed by atoms with Crippen molar-refractivity contribution in [3.05, 3.63) is 174 Å². The number of halogens is 3. The number of benzene rings is 6.